The van der Waals surface area contributed by atoms with Gasteiger partial charge in [0.15, 0.2) is 23.3 Å². The van der Waals surface area contributed by atoms with E-state index >= 15 is 0 Å². The van der Waals surface area contributed by atoms with Crippen LogP contribution in [0.3, 0.4) is 0 Å². The van der Waals surface area contributed by atoms with Crippen LogP contribution >= 0.6 is 22.7 Å². The Morgan fingerprint density at radius 1 is 0.321 bits per heavy atom. The summed E-state index contributed by atoms with van der Waals surface area (Å²) in [6.45, 7) is 0. The van der Waals surface area contributed by atoms with Gasteiger partial charge in [-0.3, -0.25) is 0 Å². The molecule has 0 aliphatic carbocycles. The molecular formula is C49H29N5S2. The maximum atomic E-state index is 5.23. The molecule has 56 heavy (non-hydrogen) atoms. The van der Waals surface area contributed by atoms with Crippen LogP contribution in [0, 0.1) is 0 Å². The predicted octanol–water partition coefficient (Wildman–Crippen LogP) is 13.4. The van der Waals surface area contributed by atoms with Crippen molar-refractivity contribution in [2.75, 3.05) is 0 Å². The lowest BCUT2D eigenvalue weighted by Gasteiger charge is -2.10. The van der Waals surface area contributed by atoms with Crippen molar-refractivity contribution in [1.29, 1.82) is 0 Å². The summed E-state index contributed by atoms with van der Waals surface area (Å²) in [6.07, 6.45) is 0. The summed E-state index contributed by atoms with van der Waals surface area (Å²) < 4.78 is 4.79. The molecule has 0 unspecified atom stereocenters. The van der Waals surface area contributed by atoms with Crippen molar-refractivity contribution in [3.05, 3.63) is 176 Å². The molecule has 4 heterocycles. The van der Waals surface area contributed by atoms with E-state index in [1.165, 1.54) is 30.4 Å². The van der Waals surface area contributed by atoms with Crippen molar-refractivity contribution in [2.45, 2.75) is 0 Å². The molecule has 0 saturated carbocycles. The Balaban J connectivity index is 1.01. The minimum absolute atomic E-state index is 0.642. The van der Waals surface area contributed by atoms with E-state index in [4.69, 9.17) is 24.9 Å². The Hall–Kier alpha value is -6.93. The second-order valence-corrected chi connectivity index (χ2v) is 15.8. The minimum Gasteiger partial charge on any atom is -0.226 e. The summed E-state index contributed by atoms with van der Waals surface area (Å²) in [5.41, 5.74) is 9.24. The second-order valence-electron chi connectivity index (χ2n) is 13.6. The highest BCUT2D eigenvalue weighted by atomic mass is 32.1. The second kappa shape index (κ2) is 13.4. The van der Waals surface area contributed by atoms with Crippen molar-refractivity contribution in [2.24, 2.45) is 0 Å². The van der Waals surface area contributed by atoms with Crippen molar-refractivity contribution in [3.8, 4) is 67.9 Å². The van der Waals surface area contributed by atoms with Crippen LogP contribution in [0.1, 0.15) is 0 Å². The summed E-state index contributed by atoms with van der Waals surface area (Å²) in [4.78, 5) is 25.1. The van der Waals surface area contributed by atoms with Gasteiger partial charge in [0.1, 0.15) is 0 Å². The number of thiophene rings is 2. The molecule has 5 nitrogen and oxygen atoms in total. The summed E-state index contributed by atoms with van der Waals surface area (Å²) in [6, 6.07) is 61.0. The normalized spacial score (nSPS) is 11.6. The first-order chi connectivity index (χ1) is 27.7. The van der Waals surface area contributed by atoms with Gasteiger partial charge in [-0.2, -0.15) is 0 Å². The number of hydrogen-bond acceptors (Lipinski definition) is 7. The third-order valence-electron chi connectivity index (χ3n) is 10.2. The molecule has 0 bridgehead atoms. The molecule has 0 atom stereocenters. The van der Waals surface area contributed by atoms with Gasteiger partial charge >= 0.3 is 0 Å². The number of fused-ring (bicyclic) bond motifs is 6. The number of hydrogen-bond donors (Lipinski definition) is 0. The van der Waals surface area contributed by atoms with Crippen LogP contribution in [0.15, 0.2) is 176 Å². The fourth-order valence-corrected chi connectivity index (χ4v) is 9.78. The lowest BCUT2D eigenvalue weighted by Crippen LogP contribution is -2.00. The van der Waals surface area contributed by atoms with Crippen LogP contribution in [0.25, 0.3) is 108 Å². The number of benzene rings is 7. The van der Waals surface area contributed by atoms with E-state index in [0.717, 1.165) is 60.5 Å². The van der Waals surface area contributed by atoms with E-state index in [1.54, 1.807) is 11.3 Å². The van der Waals surface area contributed by atoms with Crippen molar-refractivity contribution in [1.82, 2.24) is 24.9 Å². The van der Waals surface area contributed by atoms with Gasteiger partial charge in [-0.15, -0.1) is 22.7 Å². The summed E-state index contributed by atoms with van der Waals surface area (Å²) in [5.74, 6) is 2.69. The minimum atomic E-state index is 0.642. The third-order valence-corrected chi connectivity index (χ3v) is 12.5. The van der Waals surface area contributed by atoms with Crippen LogP contribution in [0.2, 0.25) is 0 Å². The Morgan fingerprint density at radius 3 is 1.48 bits per heavy atom. The molecule has 0 fully saturated rings. The molecule has 0 aliphatic rings. The molecule has 7 heteroatoms. The predicted molar refractivity (Wildman–Crippen MR) is 234 cm³/mol. The monoisotopic (exact) mass is 751 g/mol. The van der Waals surface area contributed by atoms with Crippen LogP contribution in [0.5, 0.6) is 0 Å². The van der Waals surface area contributed by atoms with Gasteiger partial charge < -0.3 is 0 Å². The fourth-order valence-electron chi connectivity index (χ4n) is 7.45. The molecule has 7 aromatic carbocycles. The van der Waals surface area contributed by atoms with Crippen LogP contribution in [0.4, 0.5) is 0 Å². The number of aromatic nitrogens is 5. The van der Waals surface area contributed by atoms with Gasteiger partial charge in [-0.25, -0.2) is 24.9 Å². The van der Waals surface area contributed by atoms with Crippen molar-refractivity contribution in [3.63, 3.8) is 0 Å². The molecule has 11 rings (SSSR count). The smallest absolute Gasteiger partial charge is 0.164 e. The first-order valence-electron chi connectivity index (χ1n) is 18.4. The summed E-state index contributed by atoms with van der Waals surface area (Å²) in [5, 5.41) is 3.65. The van der Waals surface area contributed by atoms with Gasteiger partial charge in [0.2, 0.25) is 0 Å². The quantitative estimate of drug-likeness (QED) is 0.169. The van der Waals surface area contributed by atoms with Crippen molar-refractivity contribution >= 4 is 63.1 Å². The largest absolute Gasteiger partial charge is 0.226 e. The van der Waals surface area contributed by atoms with Crippen molar-refractivity contribution < 1.29 is 0 Å². The highest BCUT2D eigenvalue weighted by Gasteiger charge is 2.19. The van der Waals surface area contributed by atoms with E-state index in [0.29, 0.717) is 17.5 Å². The van der Waals surface area contributed by atoms with Crippen LogP contribution < -0.4 is 0 Å². The Morgan fingerprint density at radius 2 is 0.839 bits per heavy atom. The molecule has 0 spiro atoms. The number of nitrogens with zero attached hydrogens (tertiary/aromatic N) is 5. The molecule has 0 aliphatic heterocycles. The van der Waals surface area contributed by atoms with E-state index in [-0.39, 0.29) is 0 Å². The topological polar surface area (TPSA) is 64.5 Å². The third kappa shape index (κ3) is 5.64. The lowest BCUT2D eigenvalue weighted by atomic mass is 9.97. The van der Waals surface area contributed by atoms with Gasteiger partial charge in [0.05, 0.1) is 15.9 Å². The average Bonchev–Trinajstić information content (AvgIpc) is 3.85. The molecule has 4 aromatic heterocycles. The number of rotatable bonds is 6. The van der Waals surface area contributed by atoms with E-state index < -0.39 is 0 Å². The zero-order valence-electron chi connectivity index (χ0n) is 29.8. The maximum absolute atomic E-state index is 5.23. The Kier molecular flexibility index (Phi) is 7.79. The van der Waals surface area contributed by atoms with E-state index in [2.05, 4.69) is 97.1 Å². The molecule has 0 saturated heterocycles. The highest BCUT2D eigenvalue weighted by molar-refractivity contribution is 7.26. The fraction of sp³-hybridized carbons (Fsp3) is 0. The SMILES string of the molecule is c1ccc(-c2nc(-c3ccccc3)nc(-c3ccc(-c4cccc5sc6cc(-c7nc(-c8ccccc8)nc8c7sc7ccccc78)ccc6c45)cc3)n2)cc1. The van der Waals surface area contributed by atoms with Crippen LogP contribution in [-0.2, 0) is 0 Å². The van der Waals surface area contributed by atoms with Crippen LogP contribution in [-0.4, -0.2) is 24.9 Å². The van der Waals surface area contributed by atoms with E-state index in [9.17, 15) is 0 Å². The summed E-state index contributed by atoms with van der Waals surface area (Å²) in [7, 11) is 0. The van der Waals surface area contributed by atoms with Gasteiger partial charge in [-0.1, -0.05) is 158 Å². The first kappa shape index (κ1) is 32.5. The molecule has 11 aromatic rings. The molecule has 0 N–H and O–H groups in total. The molecular weight excluding hydrogens is 723 g/mol. The maximum Gasteiger partial charge on any atom is 0.164 e. The van der Waals surface area contributed by atoms with Gasteiger partial charge in [-0.05, 0) is 29.3 Å². The van der Waals surface area contributed by atoms with E-state index in [1.807, 2.05) is 90.2 Å². The van der Waals surface area contributed by atoms with Gasteiger partial charge in [0.25, 0.3) is 0 Å². The molecule has 0 radical (unpaired) electrons. The zero-order chi connectivity index (χ0) is 37.0. The first-order valence-corrected chi connectivity index (χ1v) is 20.0. The standard InChI is InChI=1S/C49H29N5S2/c1-4-13-31(14-5-1)46-50-43(45-44(51-46)38-19-10-11-21-39(38)56-45)35-27-28-37-41(29-35)55-40-22-12-20-36(42(37)40)30-23-25-34(26-24-30)49-53-47(32-15-6-2-7-16-32)52-48(54-49)33-17-8-3-9-18-33/h1-29H. The zero-order valence-corrected chi connectivity index (χ0v) is 31.4. The Bertz CT molecular complexity index is 3170. The average molecular weight is 752 g/mol. The highest BCUT2D eigenvalue weighted by Crippen LogP contribution is 2.44. The molecule has 262 valence electrons. The summed E-state index contributed by atoms with van der Waals surface area (Å²) >= 11 is 3.58. The Labute approximate surface area is 330 Å². The molecule has 0 amide bonds. The van der Waals surface area contributed by atoms with Gasteiger partial charge in [0, 0.05) is 58.1 Å². The lowest BCUT2D eigenvalue weighted by molar-refractivity contribution is 1.07.